The molecule has 54 heavy (non-hydrogen) atoms. The third kappa shape index (κ3) is 8.12. The van der Waals surface area contributed by atoms with Crippen molar-refractivity contribution >= 4 is 24.0 Å². The molecule has 4 aromatic rings. The Hall–Kier alpha value is -5.66. The van der Waals surface area contributed by atoms with Crippen molar-refractivity contribution in [1.82, 2.24) is 40.8 Å². The first kappa shape index (κ1) is 38.1. The molecule has 14 nitrogen and oxygen atoms in total. The minimum Gasteiger partial charge on any atom is -0.453 e. The van der Waals surface area contributed by atoms with E-state index in [2.05, 4.69) is 66.0 Å². The van der Waals surface area contributed by atoms with E-state index in [9.17, 15) is 19.2 Å². The highest BCUT2D eigenvalue weighted by molar-refractivity contribution is 5.87. The molecule has 2 aromatic heterocycles. The minimum absolute atomic E-state index is 0.120. The molecule has 6 rings (SSSR count). The number of alkyl carbamates (subject to hydrolysis) is 2. The number of nitrogens with zero attached hydrogens (tertiary/aromatic N) is 3. The summed E-state index contributed by atoms with van der Waals surface area (Å²) in [7, 11) is 2.56. The second kappa shape index (κ2) is 16.6. The molecule has 3 heterocycles. The Balaban J connectivity index is 1.15. The largest absolute Gasteiger partial charge is 0.453 e. The fourth-order valence-corrected chi connectivity index (χ4v) is 7.35. The predicted molar refractivity (Wildman–Crippen MR) is 203 cm³/mol. The van der Waals surface area contributed by atoms with Crippen LogP contribution in [-0.4, -0.2) is 81.7 Å². The van der Waals surface area contributed by atoms with Gasteiger partial charge in [0.2, 0.25) is 11.8 Å². The summed E-state index contributed by atoms with van der Waals surface area (Å²) in [6.45, 7) is 8.03. The van der Waals surface area contributed by atoms with Crippen LogP contribution < -0.4 is 16.0 Å². The van der Waals surface area contributed by atoms with Gasteiger partial charge in [0.25, 0.3) is 0 Å². The van der Waals surface area contributed by atoms with Crippen molar-refractivity contribution < 1.29 is 28.7 Å². The van der Waals surface area contributed by atoms with Gasteiger partial charge in [-0.1, -0.05) is 63.2 Å². The molecule has 1 aliphatic heterocycles. The van der Waals surface area contributed by atoms with Crippen molar-refractivity contribution in [3.05, 3.63) is 71.6 Å². The summed E-state index contributed by atoms with van der Waals surface area (Å²) < 4.78 is 9.41. The lowest BCUT2D eigenvalue weighted by Gasteiger charge is -2.27. The van der Waals surface area contributed by atoms with E-state index in [0.717, 1.165) is 77.3 Å². The average Bonchev–Trinajstić information content (AvgIpc) is 3.94. The Morgan fingerprint density at radius 2 is 1.59 bits per heavy atom. The number of ether oxygens (including phenoxy) is 2. The van der Waals surface area contributed by atoms with Crippen molar-refractivity contribution in [3.8, 4) is 33.6 Å². The number of carbonyl (C=O) groups is 4. The number of H-pyrrole nitrogens is 2. The summed E-state index contributed by atoms with van der Waals surface area (Å²) >= 11 is 0. The lowest BCUT2D eigenvalue weighted by atomic mass is 9.95. The number of imidazole rings is 2. The Labute approximate surface area is 315 Å². The summed E-state index contributed by atoms with van der Waals surface area (Å²) in [5.74, 6) is 0.815. The van der Waals surface area contributed by atoms with Gasteiger partial charge in [-0.05, 0) is 73.6 Å². The number of likely N-dealkylation sites (tertiary alicyclic amines) is 1. The summed E-state index contributed by atoms with van der Waals surface area (Å²) in [5.41, 5.74) is 8.34. The van der Waals surface area contributed by atoms with Crippen LogP contribution in [0.25, 0.3) is 33.6 Å². The monoisotopic (exact) mass is 738 g/mol. The zero-order valence-electron chi connectivity index (χ0n) is 31.7. The summed E-state index contributed by atoms with van der Waals surface area (Å²) in [6, 6.07) is 12.8. The molecule has 286 valence electrons. The number of aromatic nitrogens is 4. The molecule has 14 heteroatoms. The zero-order chi connectivity index (χ0) is 38.5. The van der Waals surface area contributed by atoms with Crippen molar-refractivity contribution in [3.63, 3.8) is 0 Å². The molecule has 4 atom stereocenters. The molecule has 1 aliphatic carbocycles. The van der Waals surface area contributed by atoms with Crippen LogP contribution in [0.1, 0.15) is 88.4 Å². The van der Waals surface area contributed by atoms with Gasteiger partial charge in [0, 0.05) is 17.8 Å². The van der Waals surface area contributed by atoms with E-state index in [-0.39, 0.29) is 23.8 Å². The number of aromatic amines is 2. The molecule has 5 N–H and O–H groups in total. The molecule has 0 bridgehead atoms. The Morgan fingerprint density at radius 1 is 0.889 bits per heavy atom. The molecule has 0 unspecified atom stereocenters. The maximum atomic E-state index is 13.5. The fourth-order valence-electron chi connectivity index (χ4n) is 7.35. The smallest absolute Gasteiger partial charge is 0.407 e. The maximum absolute atomic E-state index is 13.5. The van der Waals surface area contributed by atoms with Crippen LogP contribution in [0.2, 0.25) is 0 Å². The summed E-state index contributed by atoms with van der Waals surface area (Å²) in [4.78, 5) is 68.5. The number of rotatable bonds is 11. The van der Waals surface area contributed by atoms with Gasteiger partial charge >= 0.3 is 12.2 Å². The molecule has 2 aliphatic rings. The number of benzene rings is 2. The summed E-state index contributed by atoms with van der Waals surface area (Å²) in [5, 5.41) is 8.20. The lowest BCUT2D eigenvalue weighted by Crippen LogP contribution is -2.50. The highest BCUT2D eigenvalue weighted by atomic mass is 16.5. The van der Waals surface area contributed by atoms with Crippen LogP contribution in [0.3, 0.4) is 0 Å². The number of fused-ring (bicyclic) bond motifs is 3. The third-order valence-electron chi connectivity index (χ3n) is 10.4. The highest BCUT2D eigenvalue weighted by Crippen LogP contribution is 2.38. The van der Waals surface area contributed by atoms with Gasteiger partial charge in [-0.25, -0.2) is 19.6 Å². The van der Waals surface area contributed by atoms with Gasteiger partial charge in [0.1, 0.15) is 23.7 Å². The number of hydrogen-bond acceptors (Lipinski definition) is 8. The van der Waals surface area contributed by atoms with Crippen LogP contribution in [0, 0.1) is 5.92 Å². The quantitative estimate of drug-likeness (QED) is 0.125. The van der Waals surface area contributed by atoms with Gasteiger partial charge in [0.05, 0.1) is 43.9 Å². The normalized spacial score (nSPS) is 16.7. The molecular formula is C40H50N8O6. The van der Waals surface area contributed by atoms with Gasteiger partial charge in [-0.15, -0.1) is 0 Å². The number of amides is 4. The van der Waals surface area contributed by atoms with Crippen molar-refractivity contribution in [2.24, 2.45) is 5.92 Å². The molecule has 1 saturated heterocycles. The molecule has 2 aromatic carbocycles. The molecule has 4 amide bonds. The number of carbonyl (C=O) groups excluding carboxylic acids is 4. The van der Waals surface area contributed by atoms with Gasteiger partial charge in [-0.2, -0.15) is 0 Å². The van der Waals surface area contributed by atoms with E-state index in [4.69, 9.17) is 9.72 Å². The first-order valence-electron chi connectivity index (χ1n) is 18.7. The topological polar surface area (TPSA) is 183 Å². The van der Waals surface area contributed by atoms with E-state index in [1.165, 1.54) is 19.8 Å². The van der Waals surface area contributed by atoms with E-state index in [1.807, 2.05) is 44.7 Å². The minimum atomic E-state index is -0.744. The van der Waals surface area contributed by atoms with Crippen LogP contribution in [-0.2, 0) is 31.9 Å². The molecule has 1 fully saturated rings. The van der Waals surface area contributed by atoms with Gasteiger partial charge < -0.3 is 40.3 Å². The first-order valence-corrected chi connectivity index (χ1v) is 18.7. The number of aryl methyl sites for hydroxylation is 2. The van der Waals surface area contributed by atoms with E-state index in [1.54, 1.807) is 6.20 Å². The second-order valence-corrected chi connectivity index (χ2v) is 14.3. The predicted octanol–water partition coefficient (Wildman–Crippen LogP) is 5.98. The zero-order valence-corrected chi connectivity index (χ0v) is 31.7. The van der Waals surface area contributed by atoms with Crippen LogP contribution >= 0.6 is 0 Å². The number of nitrogens with one attached hydrogen (secondary N) is 5. The molecular weight excluding hydrogens is 688 g/mol. The maximum Gasteiger partial charge on any atom is 0.407 e. The highest BCUT2D eigenvalue weighted by Gasteiger charge is 2.36. The Morgan fingerprint density at radius 3 is 2.30 bits per heavy atom. The van der Waals surface area contributed by atoms with Crippen LogP contribution in [0.15, 0.2) is 48.7 Å². The fraction of sp³-hybridized carbons (Fsp3) is 0.450. The lowest BCUT2D eigenvalue weighted by molar-refractivity contribution is -0.134. The van der Waals surface area contributed by atoms with E-state index >= 15 is 0 Å². The van der Waals surface area contributed by atoms with E-state index in [0.29, 0.717) is 18.8 Å². The first-order chi connectivity index (χ1) is 26.0. The number of hydrogen-bond donors (Lipinski definition) is 5. The van der Waals surface area contributed by atoms with Crippen molar-refractivity contribution in [1.29, 1.82) is 0 Å². The van der Waals surface area contributed by atoms with E-state index < -0.39 is 30.3 Å². The van der Waals surface area contributed by atoms with Crippen molar-refractivity contribution in [2.45, 2.75) is 90.4 Å². The second-order valence-electron chi connectivity index (χ2n) is 14.3. The molecule has 0 spiro atoms. The third-order valence-corrected chi connectivity index (χ3v) is 10.4. The number of methoxy groups -OCH3 is 2. The SMILES string of the molecule is CC[C@H](NC(=O)OC)C(=O)N1CCC[C@H]1c1nc2c([nH]1)CCCc1cc(-c3ccc(-c4cnc([C@H](C)NC(=O)[C@@H](NC(=O)OC)C(C)C)[nH]4)cc3)ccc1-2. The average molecular weight is 739 g/mol. The van der Waals surface area contributed by atoms with Gasteiger partial charge in [0.15, 0.2) is 0 Å². The Kier molecular flexibility index (Phi) is 11.7. The van der Waals surface area contributed by atoms with Gasteiger partial charge in [-0.3, -0.25) is 9.59 Å². The summed E-state index contributed by atoms with van der Waals surface area (Å²) in [6.07, 6.45) is 5.37. The standard InChI is InChI=1S/C40H50N8O6/c1-7-29(45-39(51)53-5)38(50)48-19-9-12-32(48)36-43-30-11-8-10-27-20-26(17-18-28(27)34(30)46-36)24-13-15-25(16-14-24)31-21-41-35(44-31)23(4)42-37(49)33(22(2)3)47-40(52)54-6/h13-18,20-23,29,32-33H,7-12,19H2,1-6H3,(H,41,44)(H,42,49)(H,43,46)(H,45,51)(H,47,52)/t23-,29-,32-,33-/m0/s1. The van der Waals surface area contributed by atoms with Crippen LogP contribution in [0.4, 0.5) is 9.59 Å². The van der Waals surface area contributed by atoms with Crippen molar-refractivity contribution in [2.75, 3.05) is 20.8 Å². The molecule has 0 saturated carbocycles. The van der Waals surface area contributed by atoms with Crippen LogP contribution in [0.5, 0.6) is 0 Å². The molecule has 0 radical (unpaired) electrons. The Bertz CT molecular complexity index is 1990.